The average Bonchev–Trinajstić information content (AvgIpc) is 2.11. The van der Waals surface area contributed by atoms with Gasteiger partial charge in [0, 0.05) is 24.8 Å². The summed E-state index contributed by atoms with van der Waals surface area (Å²) in [5.74, 6) is 0. The number of H-pyrrole nitrogens is 1. The summed E-state index contributed by atoms with van der Waals surface area (Å²) in [5, 5.41) is 3.26. The summed E-state index contributed by atoms with van der Waals surface area (Å²) in [7, 11) is 0. The molecule has 0 aliphatic heterocycles. The molecule has 0 radical (unpaired) electrons. The Bertz CT molecular complexity index is 470. The van der Waals surface area contributed by atoms with Gasteiger partial charge in [0.25, 0.3) is 5.56 Å². The summed E-state index contributed by atoms with van der Waals surface area (Å²) < 4.78 is 1.83. The number of halogens is 1. The number of hydrogen-bond acceptors (Lipinski definition) is 3. The lowest BCUT2D eigenvalue weighted by atomic mass is 10.1. The lowest BCUT2D eigenvalue weighted by Gasteiger charge is -2.20. The van der Waals surface area contributed by atoms with Crippen molar-refractivity contribution in [2.45, 2.75) is 32.9 Å². The van der Waals surface area contributed by atoms with E-state index >= 15 is 0 Å². The Morgan fingerprint density at radius 2 is 2.06 bits per heavy atom. The van der Waals surface area contributed by atoms with E-state index in [0.717, 1.165) is 0 Å². The quantitative estimate of drug-likeness (QED) is 0.860. The smallest absolute Gasteiger partial charge is 0.310 e. The highest BCUT2D eigenvalue weighted by molar-refractivity contribution is 9.10. The number of nitrogens with one attached hydrogen (secondary N) is 2. The molecule has 1 aromatic heterocycles. The van der Waals surface area contributed by atoms with Crippen molar-refractivity contribution in [2.24, 2.45) is 0 Å². The number of aromatic nitrogens is 2. The van der Waals surface area contributed by atoms with Crippen LogP contribution in [0.1, 0.15) is 20.8 Å². The van der Waals surface area contributed by atoms with E-state index in [1.807, 2.05) is 0 Å². The van der Waals surface area contributed by atoms with Crippen molar-refractivity contribution in [1.29, 1.82) is 0 Å². The maximum absolute atomic E-state index is 11.4. The maximum Gasteiger partial charge on any atom is 0.328 e. The molecule has 16 heavy (non-hydrogen) atoms. The highest BCUT2D eigenvalue weighted by Gasteiger charge is 2.08. The number of rotatable bonds is 3. The summed E-state index contributed by atoms with van der Waals surface area (Å²) in [6.07, 6.45) is 1.51. The number of hydrogen-bond donors (Lipinski definition) is 2. The van der Waals surface area contributed by atoms with E-state index in [1.54, 1.807) is 0 Å². The van der Waals surface area contributed by atoms with Gasteiger partial charge in [-0.3, -0.25) is 14.3 Å². The van der Waals surface area contributed by atoms with E-state index in [2.05, 4.69) is 47.0 Å². The monoisotopic (exact) mass is 289 g/mol. The molecule has 5 nitrogen and oxygen atoms in total. The third-order valence-corrected chi connectivity index (χ3v) is 2.54. The van der Waals surface area contributed by atoms with Gasteiger partial charge in [0.05, 0.1) is 4.47 Å². The Kier molecular flexibility index (Phi) is 4.09. The van der Waals surface area contributed by atoms with Gasteiger partial charge in [-0.25, -0.2) is 4.79 Å². The molecule has 1 heterocycles. The van der Waals surface area contributed by atoms with Crippen LogP contribution in [0, 0.1) is 0 Å². The lowest BCUT2D eigenvalue weighted by Crippen LogP contribution is -2.40. The Morgan fingerprint density at radius 3 is 2.62 bits per heavy atom. The zero-order valence-electron chi connectivity index (χ0n) is 9.63. The Morgan fingerprint density at radius 1 is 1.44 bits per heavy atom. The number of nitrogens with zero attached hydrogens (tertiary/aromatic N) is 1. The second-order valence-corrected chi connectivity index (χ2v) is 5.46. The zero-order valence-corrected chi connectivity index (χ0v) is 11.2. The first-order valence-corrected chi connectivity index (χ1v) is 5.83. The molecular formula is C10H16BrN3O2. The van der Waals surface area contributed by atoms with E-state index < -0.39 is 5.56 Å². The minimum absolute atomic E-state index is 0.0169. The fraction of sp³-hybridized carbons (Fsp3) is 0.600. The molecule has 0 aliphatic rings. The third-order valence-electron chi connectivity index (χ3n) is 1.98. The lowest BCUT2D eigenvalue weighted by molar-refractivity contribution is 0.409. The molecule has 0 saturated carbocycles. The first-order valence-electron chi connectivity index (χ1n) is 5.04. The van der Waals surface area contributed by atoms with Crippen LogP contribution in [0.15, 0.2) is 20.3 Å². The van der Waals surface area contributed by atoms with Crippen LogP contribution >= 0.6 is 15.9 Å². The van der Waals surface area contributed by atoms with Gasteiger partial charge in [-0.1, -0.05) is 0 Å². The van der Waals surface area contributed by atoms with Crippen LogP contribution in [0.4, 0.5) is 0 Å². The van der Waals surface area contributed by atoms with Gasteiger partial charge < -0.3 is 5.32 Å². The normalized spacial score (nSPS) is 11.8. The van der Waals surface area contributed by atoms with Gasteiger partial charge in [-0.05, 0) is 36.7 Å². The molecule has 1 aromatic rings. The minimum Gasteiger partial charge on any atom is -0.310 e. The van der Waals surface area contributed by atoms with E-state index in [0.29, 0.717) is 17.6 Å². The van der Waals surface area contributed by atoms with E-state index in [9.17, 15) is 9.59 Å². The molecule has 0 amide bonds. The highest BCUT2D eigenvalue weighted by atomic mass is 79.9. The second-order valence-electron chi connectivity index (χ2n) is 4.61. The van der Waals surface area contributed by atoms with Gasteiger partial charge in [0.15, 0.2) is 0 Å². The SMILES string of the molecule is CC(C)(C)NCCn1cc(Br)c(=O)[nH]c1=O. The van der Waals surface area contributed by atoms with Crippen molar-refractivity contribution in [2.75, 3.05) is 6.54 Å². The van der Waals surface area contributed by atoms with Gasteiger partial charge in [0.1, 0.15) is 0 Å². The van der Waals surface area contributed by atoms with Crippen LogP contribution in [-0.2, 0) is 6.54 Å². The molecule has 0 spiro atoms. The summed E-state index contributed by atoms with van der Waals surface area (Å²) in [6, 6.07) is 0. The zero-order chi connectivity index (χ0) is 12.3. The summed E-state index contributed by atoms with van der Waals surface area (Å²) in [5.41, 5.74) is -0.766. The van der Waals surface area contributed by atoms with Crippen LogP contribution in [0.2, 0.25) is 0 Å². The molecular weight excluding hydrogens is 274 g/mol. The fourth-order valence-electron chi connectivity index (χ4n) is 1.20. The van der Waals surface area contributed by atoms with Crippen LogP contribution in [0.5, 0.6) is 0 Å². The van der Waals surface area contributed by atoms with E-state index in [1.165, 1.54) is 10.8 Å². The Balaban J connectivity index is 2.72. The van der Waals surface area contributed by atoms with Crippen LogP contribution in [0.3, 0.4) is 0 Å². The molecule has 0 atom stereocenters. The predicted molar refractivity (Wildman–Crippen MR) is 66.8 cm³/mol. The second kappa shape index (κ2) is 4.97. The van der Waals surface area contributed by atoms with Crippen LogP contribution < -0.4 is 16.6 Å². The van der Waals surface area contributed by atoms with Crippen molar-refractivity contribution in [1.82, 2.24) is 14.9 Å². The van der Waals surface area contributed by atoms with Crippen molar-refractivity contribution >= 4 is 15.9 Å². The van der Waals surface area contributed by atoms with Crippen molar-refractivity contribution in [3.8, 4) is 0 Å². The molecule has 1 rings (SSSR count). The topological polar surface area (TPSA) is 66.9 Å². The van der Waals surface area contributed by atoms with E-state index in [-0.39, 0.29) is 11.2 Å². The van der Waals surface area contributed by atoms with Crippen LogP contribution in [0.25, 0.3) is 0 Å². The molecule has 0 aromatic carbocycles. The molecule has 0 saturated heterocycles. The molecule has 90 valence electrons. The first-order chi connectivity index (χ1) is 7.29. The summed E-state index contributed by atoms with van der Waals surface area (Å²) in [6.45, 7) is 7.35. The molecule has 0 unspecified atom stereocenters. The largest absolute Gasteiger partial charge is 0.328 e. The average molecular weight is 290 g/mol. The van der Waals surface area contributed by atoms with Crippen LogP contribution in [-0.4, -0.2) is 21.6 Å². The van der Waals surface area contributed by atoms with Gasteiger partial charge in [-0.15, -0.1) is 0 Å². The summed E-state index contributed by atoms with van der Waals surface area (Å²) >= 11 is 3.09. The Labute approximate surface area is 102 Å². The van der Waals surface area contributed by atoms with Gasteiger partial charge >= 0.3 is 5.69 Å². The predicted octanol–water partition coefficient (Wildman–Crippen LogP) is 0.687. The molecule has 6 heteroatoms. The number of aromatic amines is 1. The maximum atomic E-state index is 11.4. The van der Waals surface area contributed by atoms with Crippen molar-refractivity contribution in [3.05, 3.63) is 31.5 Å². The molecule has 2 N–H and O–H groups in total. The first kappa shape index (κ1) is 13.2. The van der Waals surface area contributed by atoms with Crippen molar-refractivity contribution < 1.29 is 0 Å². The molecule has 0 bridgehead atoms. The van der Waals surface area contributed by atoms with Crippen molar-refractivity contribution in [3.63, 3.8) is 0 Å². The molecule has 0 aliphatic carbocycles. The van der Waals surface area contributed by atoms with Gasteiger partial charge in [0.2, 0.25) is 0 Å². The Hall–Kier alpha value is -0.880. The summed E-state index contributed by atoms with van der Waals surface area (Å²) in [4.78, 5) is 24.7. The fourth-order valence-corrected chi connectivity index (χ4v) is 1.55. The molecule has 0 fully saturated rings. The van der Waals surface area contributed by atoms with Gasteiger partial charge in [-0.2, -0.15) is 0 Å². The standard InChI is InChI=1S/C10H16BrN3O2/c1-10(2,3)12-4-5-14-6-7(11)8(15)13-9(14)16/h6,12H,4-5H2,1-3H3,(H,13,15,16). The highest BCUT2D eigenvalue weighted by Crippen LogP contribution is 1.99. The third kappa shape index (κ3) is 3.94. The van der Waals surface area contributed by atoms with E-state index in [4.69, 9.17) is 0 Å². The minimum atomic E-state index is -0.398.